The zero-order chi connectivity index (χ0) is 24.2. The van der Waals surface area contributed by atoms with E-state index in [2.05, 4.69) is 10.6 Å². The van der Waals surface area contributed by atoms with Gasteiger partial charge in [0.15, 0.2) is 6.29 Å². The van der Waals surface area contributed by atoms with Crippen LogP contribution in [0.3, 0.4) is 0 Å². The zero-order valence-corrected chi connectivity index (χ0v) is 18.1. The van der Waals surface area contributed by atoms with E-state index < -0.39 is 92.2 Å². The van der Waals surface area contributed by atoms with E-state index in [1.165, 1.54) is 20.3 Å². The Morgan fingerprint density at radius 2 is 1.44 bits per heavy atom. The molecule has 2 unspecified atom stereocenters. The Balaban J connectivity index is 2.17. The Kier molecular flexibility index (Phi) is 9.75. The van der Waals surface area contributed by atoms with E-state index >= 15 is 0 Å². The lowest BCUT2D eigenvalue weighted by atomic mass is 9.89. The number of carbonyl (C=O) groups is 2. The molecule has 1 radical (unpaired) electrons. The first-order chi connectivity index (χ1) is 15.0. The van der Waals surface area contributed by atoms with Crippen LogP contribution < -0.4 is 10.6 Å². The molecule has 2 heterocycles. The van der Waals surface area contributed by atoms with Crippen LogP contribution in [0.1, 0.15) is 20.8 Å². The van der Waals surface area contributed by atoms with Gasteiger partial charge in [-0.05, 0) is 6.92 Å². The molecule has 13 nitrogen and oxygen atoms in total. The maximum atomic E-state index is 11.6. The second-order valence-electron chi connectivity index (χ2n) is 7.99. The van der Waals surface area contributed by atoms with Crippen LogP contribution in [0.2, 0.25) is 0 Å². The number of hydrogen-bond acceptors (Lipinski definition) is 11. The third-order valence-corrected chi connectivity index (χ3v) is 5.41. The Bertz CT molecular complexity index is 638. The third-order valence-electron chi connectivity index (χ3n) is 5.41. The Morgan fingerprint density at radius 3 is 1.97 bits per heavy atom. The number of ether oxygens (including phenoxy) is 3. The molecule has 8 N–H and O–H groups in total. The zero-order valence-electron chi connectivity index (χ0n) is 18.1. The molecular formula is C19H33N2O11. The number of aliphatic hydroxyl groups excluding tert-OH is 6. The lowest BCUT2D eigenvalue weighted by molar-refractivity contribution is -0.267. The van der Waals surface area contributed by atoms with E-state index in [4.69, 9.17) is 14.2 Å². The summed E-state index contributed by atoms with van der Waals surface area (Å²) in [5.74, 6) is -1.000. The van der Waals surface area contributed by atoms with Crippen molar-refractivity contribution in [3.63, 3.8) is 0 Å². The van der Waals surface area contributed by atoms with Gasteiger partial charge in [-0.2, -0.15) is 0 Å². The average molecular weight is 465 g/mol. The molecule has 2 amide bonds. The van der Waals surface area contributed by atoms with E-state index in [1.807, 2.05) is 0 Å². The molecule has 0 aromatic rings. The molecule has 0 saturated carbocycles. The largest absolute Gasteiger partial charge is 0.394 e. The fraction of sp³-hybridized carbons (Fsp3) is 0.842. The number of nitrogens with one attached hydrogen (secondary N) is 2. The van der Waals surface area contributed by atoms with Gasteiger partial charge < -0.3 is 55.5 Å². The normalized spacial score (nSPS) is 41.0. The summed E-state index contributed by atoms with van der Waals surface area (Å²) in [6, 6.07) is -2.21. The van der Waals surface area contributed by atoms with Gasteiger partial charge in [-0.1, -0.05) is 0 Å². The van der Waals surface area contributed by atoms with Crippen LogP contribution in [0.5, 0.6) is 0 Å². The van der Waals surface area contributed by atoms with Gasteiger partial charge in [0.05, 0.1) is 31.5 Å². The van der Waals surface area contributed by atoms with Crippen molar-refractivity contribution in [3.05, 3.63) is 6.42 Å². The average Bonchev–Trinajstić information content (AvgIpc) is 2.72. The Labute approximate surface area is 185 Å². The second kappa shape index (κ2) is 11.6. The van der Waals surface area contributed by atoms with Crippen LogP contribution in [-0.4, -0.2) is 123 Å². The van der Waals surface area contributed by atoms with Gasteiger partial charge in [0.1, 0.15) is 42.7 Å². The van der Waals surface area contributed by atoms with E-state index in [0.717, 1.165) is 0 Å². The molecule has 0 aromatic heterocycles. The third kappa shape index (κ3) is 6.34. The highest BCUT2D eigenvalue weighted by molar-refractivity contribution is 5.73. The summed E-state index contributed by atoms with van der Waals surface area (Å²) in [5.41, 5.74) is 0. The molecule has 2 aliphatic heterocycles. The van der Waals surface area contributed by atoms with Crippen molar-refractivity contribution < 1.29 is 54.4 Å². The number of aliphatic hydroxyl groups is 6. The molecule has 32 heavy (non-hydrogen) atoms. The van der Waals surface area contributed by atoms with Crippen molar-refractivity contribution in [2.45, 2.75) is 88.0 Å². The fourth-order valence-corrected chi connectivity index (χ4v) is 3.91. The van der Waals surface area contributed by atoms with E-state index in [1.54, 1.807) is 6.92 Å². The van der Waals surface area contributed by atoms with Crippen molar-refractivity contribution in [2.24, 2.45) is 0 Å². The van der Waals surface area contributed by atoms with Crippen molar-refractivity contribution in [1.82, 2.24) is 10.6 Å². The topological polar surface area (TPSA) is 207 Å². The first-order valence-corrected chi connectivity index (χ1v) is 10.3. The lowest BCUT2D eigenvalue weighted by Crippen LogP contribution is -2.66. The molecule has 2 aliphatic rings. The SMILES string of the molecule is CC(=O)N[C@@H]1[C@@H](OC(C)[CH]C2O[C@H](CO)[C@@H](O)[C@H](O)[C@H]2NC(C)=O)[C@H](O)[C@@H](CO)O[C@@H]1O. The van der Waals surface area contributed by atoms with Gasteiger partial charge in [-0.25, -0.2) is 0 Å². The van der Waals surface area contributed by atoms with Gasteiger partial charge in [0, 0.05) is 20.3 Å². The van der Waals surface area contributed by atoms with Gasteiger partial charge in [-0.15, -0.1) is 0 Å². The Morgan fingerprint density at radius 1 is 0.906 bits per heavy atom. The predicted molar refractivity (Wildman–Crippen MR) is 106 cm³/mol. The molecule has 13 heteroatoms. The number of carbonyl (C=O) groups excluding carboxylic acids is 2. The van der Waals surface area contributed by atoms with E-state index in [-0.39, 0.29) is 0 Å². The minimum Gasteiger partial charge on any atom is -0.394 e. The highest BCUT2D eigenvalue weighted by atomic mass is 16.6. The van der Waals surface area contributed by atoms with Crippen molar-refractivity contribution in [1.29, 1.82) is 0 Å². The molecule has 11 atom stereocenters. The second-order valence-corrected chi connectivity index (χ2v) is 7.99. The van der Waals surface area contributed by atoms with Crippen LogP contribution in [0.15, 0.2) is 0 Å². The van der Waals surface area contributed by atoms with Gasteiger partial charge in [0.2, 0.25) is 11.8 Å². The predicted octanol–water partition coefficient (Wildman–Crippen LogP) is -4.47. The van der Waals surface area contributed by atoms with Crippen molar-refractivity contribution >= 4 is 11.8 Å². The standard InChI is InChI=1S/C19H33N2O11/c1-7(4-10-13(20-8(2)24)17(28)15(26)11(5-22)31-10)30-18-14(21-9(3)25)19(29)32-12(6-23)16(18)27/h4,7,10-19,22-23,26-29H,5-6H2,1-3H3,(H,20,24)(H,21,25)/t7?,10?,11-,12-,13+,14-,15-,16-,17-,18-,19+/m1/s1. The van der Waals surface area contributed by atoms with Crippen LogP contribution in [-0.2, 0) is 23.8 Å². The summed E-state index contributed by atoms with van der Waals surface area (Å²) in [6.07, 6.45) is -9.76. The molecule has 2 rings (SSSR count). The summed E-state index contributed by atoms with van der Waals surface area (Å²) in [4.78, 5) is 23.1. The summed E-state index contributed by atoms with van der Waals surface area (Å²) < 4.78 is 16.6. The van der Waals surface area contributed by atoms with Crippen LogP contribution in [0, 0.1) is 6.42 Å². The molecule has 0 aliphatic carbocycles. The first-order valence-electron chi connectivity index (χ1n) is 10.3. The highest BCUT2D eigenvalue weighted by Crippen LogP contribution is 2.27. The first kappa shape index (κ1) is 26.8. The lowest BCUT2D eigenvalue weighted by Gasteiger charge is -2.45. The van der Waals surface area contributed by atoms with Gasteiger partial charge in [0.25, 0.3) is 0 Å². The summed E-state index contributed by atoms with van der Waals surface area (Å²) in [6.45, 7) is 2.78. The van der Waals surface area contributed by atoms with Gasteiger partial charge in [-0.3, -0.25) is 9.59 Å². The van der Waals surface area contributed by atoms with Crippen LogP contribution in [0.4, 0.5) is 0 Å². The number of hydrogen-bond donors (Lipinski definition) is 8. The van der Waals surface area contributed by atoms with E-state index in [0.29, 0.717) is 0 Å². The van der Waals surface area contributed by atoms with Crippen molar-refractivity contribution in [3.8, 4) is 0 Å². The molecular weight excluding hydrogens is 432 g/mol. The molecule has 2 saturated heterocycles. The summed E-state index contributed by atoms with van der Waals surface area (Å²) in [7, 11) is 0. The molecule has 0 spiro atoms. The number of amides is 2. The minimum atomic E-state index is -1.56. The quantitative estimate of drug-likeness (QED) is 0.171. The molecule has 2 fully saturated rings. The maximum absolute atomic E-state index is 11.6. The molecule has 185 valence electrons. The maximum Gasteiger partial charge on any atom is 0.217 e. The van der Waals surface area contributed by atoms with E-state index in [9.17, 15) is 40.2 Å². The van der Waals surface area contributed by atoms with Crippen LogP contribution >= 0.6 is 0 Å². The van der Waals surface area contributed by atoms with Crippen LogP contribution in [0.25, 0.3) is 0 Å². The van der Waals surface area contributed by atoms with Crippen molar-refractivity contribution in [2.75, 3.05) is 13.2 Å². The smallest absolute Gasteiger partial charge is 0.217 e. The summed E-state index contributed by atoms with van der Waals surface area (Å²) in [5, 5.41) is 65.0. The molecule has 0 aromatic carbocycles. The highest BCUT2D eigenvalue weighted by Gasteiger charge is 2.48. The molecule has 0 bridgehead atoms. The van der Waals surface area contributed by atoms with Gasteiger partial charge >= 0.3 is 0 Å². The minimum absolute atomic E-state index is 0.487. The fourth-order valence-electron chi connectivity index (χ4n) is 3.91. The number of rotatable bonds is 8. The summed E-state index contributed by atoms with van der Waals surface area (Å²) >= 11 is 0. The monoisotopic (exact) mass is 465 g/mol. The Hall–Kier alpha value is -1.42.